The van der Waals surface area contributed by atoms with Gasteiger partial charge in [0.15, 0.2) is 0 Å². The fourth-order valence-corrected chi connectivity index (χ4v) is 1.46. The maximum absolute atomic E-state index is 10.4. The summed E-state index contributed by atoms with van der Waals surface area (Å²) in [5.41, 5.74) is 6.48. The maximum atomic E-state index is 10.4. The van der Waals surface area contributed by atoms with Crippen LogP contribution in [0.4, 0.5) is 4.79 Å². The molecule has 0 saturated heterocycles. The Balaban J connectivity index is 3.18. The molecule has 0 aliphatic heterocycles. The molecule has 0 heterocycles. The van der Waals surface area contributed by atoms with E-state index >= 15 is 0 Å². The van der Waals surface area contributed by atoms with Gasteiger partial charge in [0, 0.05) is 12.7 Å². The van der Waals surface area contributed by atoms with Crippen LogP contribution < -0.4 is 11.1 Å². The fourth-order valence-electron chi connectivity index (χ4n) is 0.821. The van der Waals surface area contributed by atoms with E-state index in [4.69, 9.17) is 15.5 Å². The van der Waals surface area contributed by atoms with E-state index in [0.29, 0.717) is 25.8 Å². The van der Waals surface area contributed by atoms with Crippen molar-refractivity contribution in [3.63, 3.8) is 0 Å². The summed E-state index contributed by atoms with van der Waals surface area (Å²) in [6.45, 7) is 0.392. The summed E-state index contributed by atoms with van der Waals surface area (Å²) < 4.78 is 10.4. The van der Waals surface area contributed by atoms with Crippen LogP contribution >= 0.6 is 7.60 Å². The molecule has 2 amide bonds. The highest BCUT2D eigenvalue weighted by atomic mass is 31.2. The Bertz CT molecular complexity index is 203. The third-order valence-electron chi connectivity index (χ3n) is 1.41. The largest absolute Gasteiger partial charge is 0.337 e. The topological polar surface area (TPSA) is 110 Å². The van der Waals surface area contributed by atoms with E-state index in [9.17, 15) is 9.36 Å². The van der Waals surface area contributed by atoms with Crippen LogP contribution in [-0.2, 0) is 4.57 Å². The number of hydrogen-bond donors (Lipinski definition) is 3. The van der Waals surface area contributed by atoms with Gasteiger partial charge in [-0.1, -0.05) is 6.42 Å². The molecular formula is C6H14N2O4P. The van der Waals surface area contributed by atoms with Crippen molar-refractivity contribution in [3.05, 3.63) is 0 Å². The minimum absolute atomic E-state index is 0.109. The Morgan fingerprint density at radius 1 is 1.31 bits per heavy atom. The first-order valence-electron chi connectivity index (χ1n) is 3.96. The molecule has 6 nitrogen and oxygen atoms in total. The lowest BCUT2D eigenvalue weighted by Gasteiger charge is -2.03. The Morgan fingerprint density at radius 3 is 2.38 bits per heavy atom. The van der Waals surface area contributed by atoms with E-state index in [1.165, 1.54) is 0 Å². The van der Waals surface area contributed by atoms with Crippen LogP contribution in [0.5, 0.6) is 0 Å². The molecule has 0 aliphatic rings. The highest BCUT2D eigenvalue weighted by Gasteiger charge is 2.10. The van der Waals surface area contributed by atoms with E-state index in [1.54, 1.807) is 0 Å². The molecule has 0 saturated carbocycles. The number of carbonyl (C=O) groups is 1. The molecular weight excluding hydrogens is 195 g/mol. The zero-order chi connectivity index (χ0) is 10.3. The number of hydrogen-bond acceptors (Lipinski definition) is 2. The number of rotatable bonds is 6. The molecule has 0 spiro atoms. The zero-order valence-electron chi connectivity index (χ0n) is 7.19. The van der Waals surface area contributed by atoms with Gasteiger partial charge in [0.1, 0.15) is 0 Å². The second kappa shape index (κ2) is 5.96. The van der Waals surface area contributed by atoms with Gasteiger partial charge in [-0.2, -0.15) is 0 Å². The first-order valence-corrected chi connectivity index (χ1v) is 5.75. The summed E-state index contributed by atoms with van der Waals surface area (Å²) in [4.78, 5) is 27.0. The van der Waals surface area contributed by atoms with Gasteiger partial charge in [0.2, 0.25) is 0 Å². The van der Waals surface area contributed by atoms with Crippen LogP contribution in [-0.4, -0.2) is 28.5 Å². The SMILES string of the molecule is [NH]C(=O)NCCCCCP(=O)(O)O. The Morgan fingerprint density at radius 2 is 1.92 bits per heavy atom. The summed E-state index contributed by atoms with van der Waals surface area (Å²) in [6, 6.07) is -0.824. The Hall–Kier alpha value is -0.580. The van der Waals surface area contributed by atoms with Crippen molar-refractivity contribution in [1.29, 1.82) is 0 Å². The number of amides is 2. The maximum Gasteiger partial charge on any atom is 0.333 e. The molecule has 4 N–H and O–H groups in total. The van der Waals surface area contributed by atoms with Crippen molar-refractivity contribution in [2.45, 2.75) is 19.3 Å². The molecule has 0 aromatic heterocycles. The molecule has 0 rings (SSSR count). The summed E-state index contributed by atoms with van der Waals surface area (Å²) in [5.74, 6) is 0. The van der Waals surface area contributed by atoms with E-state index in [0.717, 1.165) is 0 Å². The molecule has 0 atom stereocenters. The van der Waals surface area contributed by atoms with Gasteiger partial charge in [-0.25, -0.2) is 10.5 Å². The summed E-state index contributed by atoms with van der Waals surface area (Å²) in [7, 11) is -3.86. The van der Waals surface area contributed by atoms with Gasteiger partial charge in [-0.05, 0) is 12.8 Å². The van der Waals surface area contributed by atoms with E-state index in [2.05, 4.69) is 5.32 Å². The van der Waals surface area contributed by atoms with E-state index in [1.807, 2.05) is 0 Å². The second-order valence-corrected chi connectivity index (χ2v) is 4.48. The number of unbranched alkanes of at least 4 members (excludes halogenated alkanes) is 2. The summed E-state index contributed by atoms with van der Waals surface area (Å²) in [6.07, 6.45) is 1.62. The second-order valence-electron chi connectivity index (χ2n) is 2.70. The summed E-state index contributed by atoms with van der Waals surface area (Å²) in [5, 5.41) is 2.28. The standard InChI is InChI=1S/C6H14N2O4P/c7-6(9)8-4-2-1-3-5-13(10,11)12/h7H,1-5H2,(H,8,9)(H2,10,11,12). The molecule has 0 bridgehead atoms. The monoisotopic (exact) mass is 209 g/mol. The predicted octanol–water partition coefficient (Wildman–Crippen LogP) is 0.327. The van der Waals surface area contributed by atoms with Gasteiger partial charge < -0.3 is 15.1 Å². The number of carbonyl (C=O) groups excluding carboxylic acids is 1. The van der Waals surface area contributed by atoms with Crippen molar-refractivity contribution in [2.75, 3.05) is 12.7 Å². The first-order chi connectivity index (χ1) is 5.92. The van der Waals surface area contributed by atoms with Gasteiger partial charge in [-0.3, -0.25) is 4.57 Å². The molecule has 0 aromatic rings. The fraction of sp³-hybridized carbons (Fsp3) is 0.833. The van der Waals surface area contributed by atoms with Gasteiger partial charge in [0.05, 0.1) is 0 Å². The van der Waals surface area contributed by atoms with Crippen molar-refractivity contribution in [2.24, 2.45) is 0 Å². The Labute approximate surface area is 76.7 Å². The molecule has 0 aliphatic carbocycles. The van der Waals surface area contributed by atoms with Crippen molar-refractivity contribution in [3.8, 4) is 0 Å². The smallest absolute Gasteiger partial charge is 0.333 e. The van der Waals surface area contributed by atoms with E-state index in [-0.39, 0.29) is 6.16 Å². The minimum Gasteiger partial charge on any atom is -0.337 e. The molecule has 7 heteroatoms. The molecule has 0 fully saturated rings. The van der Waals surface area contributed by atoms with Gasteiger partial charge in [0.25, 0.3) is 0 Å². The van der Waals surface area contributed by atoms with Crippen LogP contribution in [0.1, 0.15) is 19.3 Å². The minimum atomic E-state index is -3.86. The third-order valence-corrected chi connectivity index (χ3v) is 2.31. The lowest BCUT2D eigenvalue weighted by Crippen LogP contribution is -2.23. The average molecular weight is 209 g/mol. The molecule has 0 aromatic carbocycles. The van der Waals surface area contributed by atoms with Crippen molar-refractivity contribution >= 4 is 13.6 Å². The van der Waals surface area contributed by atoms with Crippen molar-refractivity contribution in [1.82, 2.24) is 11.1 Å². The first kappa shape index (κ1) is 12.4. The van der Waals surface area contributed by atoms with Crippen LogP contribution in [0.2, 0.25) is 0 Å². The van der Waals surface area contributed by atoms with Crippen LogP contribution in [0.15, 0.2) is 0 Å². The van der Waals surface area contributed by atoms with Gasteiger partial charge in [-0.15, -0.1) is 0 Å². The average Bonchev–Trinajstić information content (AvgIpc) is 1.93. The lowest BCUT2D eigenvalue weighted by molar-refractivity contribution is 0.247. The quantitative estimate of drug-likeness (QED) is 0.432. The molecule has 77 valence electrons. The molecule has 0 unspecified atom stereocenters. The molecule has 1 radical (unpaired) electrons. The summed E-state index contributed by atoms with van der Waals surface area (Å²) >= 11 is 0. The normalized spacial score (nSPS) is 11.2. The number of urea groups is 1. The van der Waals surface area contributed by atoms with Crippen molar-refractivity contribution < 1.29 is 19.1 Å². The Kier molecular flexibility index (Phi) is 5.70. The van der Waals surface area contributed by atoms with Crippen LogP contribution in [0.3, 0.4) is 0 Å². The molecule has 13 heavy (non-hydrogen) atoms. The highest BCUT2D eigenvalue weighted by molar-refractivity contribution is 7.51. The van der Waals surface area contributed by atoms with Crippen LogP contribution in [0, 0.1) is 0 Å². The van der Waals surface area contributed by atoms with E-state index < -0.39 is 13.6 Å². The highest BCUT2D eigenvalue weighted by Crippen LogP contribution is 2.35. The number of nitrogens with one attached hydrogen (secondary N) is 2. The van der Waals surface area contributed by atoms with Crippen LogP contribution in [0.25, 0.3) is 0 Å². The third kappa shape index (κ3) is 11.4. The lowest BCUT2D eigenvalue weighted by atomic mass is 10.2. The predicted molar refractivity (Wildman–Crippen MR) is 47.3 cm³/mol. The zero-order valence-corrected chi connectivity index (χ0v) is 8.09. The van der Waals surface area contributed by atoms with Gasteiger partial charge >= 0.3 is 13.6 Å².